The summed E-state index contributed by atoms with van der Waals surface area (Å²) in [4.78, 5) is 29.2. The van der Waals surface area contributed by atoms with Gasteiger partial charge in [-0.05, 0) is 23.6 Å². The minimum atomic E-state index is -0.141. The van der Waals surface area contributed by atoms with Crippen molar-refractivity contribution in [1.29, 1.82) is 0 Å². The highest BCUT2D eigenvalue weighted by atomic mass is 32.1. The highest BCUT2D eigenvalue weighted by molar-refractivity contribution is 7.12. The first-order valence-corrected chi connectivity index (χ1v) is 8.81. The molecule has 2 amide bonds. The number of amides is 2. The van der Waals surface area contributed by atoms with E-state index < -0.39 is 0 Å². The molecular formula is C17H16N4O3S. The molecule has 128 valence electrons. The van der Waals surface area contributed by atoms with Gasteiger partial charge in [-0.2, -0.15) is 5.10 Å². The average molecular weight is 356 g/mol. The van der Waals surface area contributed by atoms with Gasteiger partial charge in [-0.15, -0.1) is 11.3 Å². The molecule has 1 N–H and O–H groups in total. The van der Waals surface area contributed by atoms with Gasteiger partial charge in [0, 0.05) is 32.2 Å². The molecule has 1 saturated heterocycles. The number of furan rings is 1. The van der Waals surface area contributed by atoms with Crippen LogP contribution in [0.1, 0.15) is 20.2 Å². The van der Waals surface area contributed by atoms with Crippen LogP contribution >= 0.6 is 11.3 Å². The zero-order valence-corrected chi connectivity index (χ0v) is 14.2. The fourth-order valence-electron chi connectivity index (χ4n) is 2.82. The summed E-state index contributed by atoms with van der Waals surface area (Å²) in [5.74, 6) is 0.525. The van der Waals surface area contributed by atoms with E-state index in [-0.39, 0.29) is 11.8 Å². The predicted molar refractivity (Wildman–Crippen MR) is 92.4 cm³/mol. The van der Waals surface area contributed by atoms with Gasteiger partial charge in [0.2, 0.25) is 0 Å². The summed E-state index contributed by atoms with van der Waals surface area (Å²) in [7, 11) is 0. The second-order valence-corrected chi connectivity index (χ2v) is 6.65. The lowest BCUT2D eigenvalue weighted by molar-refractivity contribution is 0.0535. The maximum absolute atomic E-state index is 12.6. The summed E-state index contributed by atoms with van der Waals surface area (Å²) in [6, 6.07) is 8.96. The number of nitrogens with one attached hydrogen (secondary N) is 1. The fourth-order valence-corrected chi connectivity index (χ4v) is 3.51. The van der Waals surface area contributed by atoms with Gasteiger partial charge >= 0.3 is 0 Å². The second-order valence-electron chi connectivity index (χ2n) is 5.71. The Morgan fingerprint density at radius 3 is 2.48 bits per heavy atom. The maximum atomic E-state index is 12.6. The molecular weight excluding hydrogens is 340 g/mol. The number of hydrogen-bond donors (Lipinski definition) is 1. The van der Waals surface area contributed by atoms with Crippen LogP contribution in [0.4, 0.5) is 0 Å². The molecule has 0 unspecified atom stereocenters. The number of hydrogen-bond acceptors (Lipinski definition) is 5. The smallest absolute Gasteiger partial charge is 0.274 e. The Morgan fingerprint density at radius 1 is 1.08 bits per heavy atom. The van der Waals surface area contributed by atoms with Crippen molar-refractivity contribution in [3.05, 3.63) is 52.5 Å². The van der Waals surface area contributed by atoms with Crippen LogP contribution in [0.5, 0.6) is 0 Å². The Morgan fingerprint density at radius 2 is 1.84 bits per heavy atom. The molecule has 1 aliphatic heterocycles. The fraction of sp³-hybridized carbons (Fsp3) is 0.235. The van der Waals surface area contributed by atoms with Crippen molar-refractivity contribution in [3.63, 3.8) is 0 Å². The highest BCUT2D eigenvalue weighted by Crippen LogP contribution is 2.19. The molecule has 1 aliphatic rings. The minimum absolute atomic E-state index is 0.0296. The lowest BCUT2D eigenvalue weighted by atomic mass is 10.2. The van der Waals surface area contributed by atoms with Crippen molar-refractivity contribution in [1.82, 2.24) is 20.0 Å². The van der Waals surface area contributed by atoms with Crippen LogP contribution in [0.3, 0.4) is 0 Å². The molecule has 3 aromatic heterocycles. The van der Waals surface area contributed by atoms with Crippen molar-refractivity contribution in [2.45, 2.75) is 0 Å². The molecule has 7 nitrogen and oxygen atoms in total. The van der Waals surface area contributed by atoms with E-state index in [1.54, 1.807) is 34.3 Å². The third-order valence-electron chi connectivity index (χ3n) is 4.17. The van der Waals surface area contributed by atoms with Gasteiger partial charge in [-0.1, -0.05) is 6.07 Å². The molecule has 3 aromatic rings. The predicted octanol–water partition coefficient (Wildman–Crippen LogP) is 2.33. The van der Waals surface area contributed by atoms with E-state index >= 15 is 0 Å². The Kier molecular flexibility index (Phi) is 4.10. The van der Waals surface area contributed by atoms with Crippen LogP contribution < -0.4 is 0 Å². The Bertz CT molecular complexity index is 862. The Hall–Kier alpha value is -2.87. The van der Waals surface area contributed by atoms with Crippen LogP contribution in [-0.2, 0) is 0 Å². The molecule has 0 bridgehead atoms. The molecule has 1 fully saturated rings. The monoisotopic (exact) mass is 356 g/mol. The average Bonchev–Trinajstić information content (AvgIpc) is 3.42. The number of rotatable bonds is 3. The molecule has 0 spiro atoms. The number of carbonyl (C=O) groups excluding carboxylic acids is 2. The maximum Gasteiger partial charge on any atom is 0.274 e. The van der Waals surface area contributed by atoms with E-state index in [1.807, 2.05) is 17.5 Å². The topological polar surface area (TPSA) is 82.4 Å². The van der Waals surface area contributed by atoms with Crippen LogP contribution in [0.2, 0.25) is 0 Å². The van der Waals surface area contributed by atoms with Gasteiger partial charge in [-0.3, -0.25) is 14.7 Å². The van der Waals surface area contributed by atoms with Crippen LogP contribution in [0, 0.1) is 0 Å². The van der Waals surface area contributed by atoms with Crippen molar-refractivity contribution in [3.8, 4) is 11.5 Å². The van der Waals surface area contributed by atoms with Crippen molar-refractivity contribution >= 4 is 23.2 Å². The van der Waals surface area contributed by atoms with Gasteiger partial charge in [0.1, 0.15) is 5.69 Å². The molecule has 0 aromatic carbocycles. The van der Waals surface area contributed by atoms with Gasteiger partial charge < -0.3 is 14.2 Å². The van der Waals surface area contributed by atoms with E-state index in [0.717, 1.165) is 4.88 Å². The highest BCUT2D eigenvalue weighted by Gasteiger charge is 2.27. The molecule has 4 heterocycles. The minimum Gasteiger partial charge on any atom is -0.463 e. The summed E-state index contributed by atoms with van der Waals surface area (Å²) in [5.41, 5.74) is 1.02. The van der Waals surface area contributed by atoms with Crippen LogP contribution in [0.15, 0.2) is 46.4 Å². The summed E-state index contributed by atoms with van der Waals surface area (Å²) in [6.07, 6.45) is 1.57. The van der Waals surface area contributed by atoms with E-state index in [2.05, 4.69) is 10.2 Å². The van der Waals surface area contributed by atoms with Gasteiger partial charge in [-0.25, -0.2) is 0 Å². The number of thiophene rings is 1. The molecule has 0 saturated carbocycles. The summed E-state index contributed by atoms with van der Waals surface area (Å²) < 4.78 is 5.29. The first-order valence-electron chi connectivity index (χ1n) is 7.94. The lowest BCUT2D eigenvalue weighted by Crippen LogP contribution is -2.50. The summed E-state index contributed by atoms with van der Waals surface area (Å²) >= 11 is 1.44. The number of aromatic amines is 1. The number of H-pyrrole nitrogens is 1. The number of piperazine rings is 1. The van der Waals surface area contributed by atoms with Crippen LogP contribution in [0.25, 0.3) is 11.5 Å². The number of carbonyl (C=O) groups is 2. The molecule has 0 radical (unpaired) electrons. The van der Waals surface area contributed by atoms with E-state index in [1.165, 1.54) is 11.3 Å². The first kappa shape index (κ1) is 15.6. The first-order chi connectivity index (χ1) is 12.2. The van der Waals surface area contributed by atoms with Crippen molar-refractivity contribution < 1.29 is 14.0 Å². The standard InChI is InChI=1S/C17H16N4O3S/c22-16(13-11-12(18-19-13)14-3-1-9-24-14)20-5-7-21(8-6-20)17(23)15-4-2-10-25-15/h1-4,9-11H,5-8H2,(H,18,19). The second kappa shape index (κ2) is 6.56. The van der Waals surface area contributed by atoms with Crippen molar-refractivity contribution in [2.24, 2.45) is 0 Å². The summed E-state index contributed by atoms with van der Waals surface area (Å²) in [6.45, 7) is 2.05. The quantitative estimate of drug-likeness (QED) is 0.781. The lowest BCUT2D eigenvalue weighted by Gasteiger charge is -2.34. The van der Waals surface area contributed by atoms with E-state index in [9.17, 15) is 9.59 Å². The molecule has 4 rings (SSSR count). The third kappa shape index (κ3) is 3.08. The summed E-state index contributed by atoms with van der Waals surface area (Å²) in [5, 5.41) is 8.80. The number of aromatic nitrogens is 2. The molecule has 25 heavy (non-hydrogen) atoms. The van der Waals surface area contributed by atoms with Crippen LogP contribution in [-0.4, -0.2) is 58.0 Å². The normalized spacial score (nSPS) is 14.7. The number of nitrogens with zero attached hydrogens (tertiary/aromatic N) is 3. The molecule has 0 atom stereocenters. The van der Waals surface area contributed by atoms with Crippen molar-refractivity contribution in [2.75, 3.05) is 26.2 Å². The third-order valence-corrected chi connectivity index (χ3v) is 5.03. The SMILES string of the molecule is O=C(c1cc(-c2ccco2)[nH]n1)N1CCN(C(=O)c2cccs2)CC1. The van der Waals surface area contributed by atoms with E-state index in [0.29, 0.717) is 43.3 Å². The zero-order valence-electron chi connectivity index (χ0n) is 13.3. The molecule has 8 heteroatoms. The zero-order chi connectivity index (χ0) is 17.2. The Labute approximate surface area is 147 Å². The molecule has 0 aliphatic carbocycles. The van der Waals surface area contributed by atoms with Gasteiger partial charge in [0.15, 0.2) is 11.5 Å². The largest absolute Gasteiger partial charge is 0.463 e. The van der Waals surface area contributed by atoms with Gasteiger partial charge in [0.25, 0.3) is 11.8 Å². The van der Waals surface area contributed by atoms with E-state index in [4.69, 9.17) is 4.42 Å². The van der Waals surface area contributed by atoms with Gasteiger partial charge in [0.05, 0.1) is 11.1 Å². The Balaban J connectivity index is 1.39.